The number of carbonyl (C=O) groups excluding carboxylic acids is 3. The molecule has 0 bridgehead atoms. The molecule has 7 nitrogen and oxygen atoms in total. The quantitative estimate of drug-likeness (QED) is 0.657. The highest BCUT2D eigenvalue weighted by atomic mass is 19.1. The predicted molar refractivity (Wildman–Crippen MR) is 95.5 cm³/mol. The van der Waals surface area contributed by atoms with Gasteiger partial charge in [0.1, 0.15) is 12.2 Å². The van der Waals surface area contributed by atoms with Crippen LogP contribution in [0.25, 0.3) is 0 Å². The number of benzene rings is 1. The van der Waals surface area contributed by atoms with Gasteiger partial charge in [0, 0.05) is 31.6 Å². The summed E-state index contributed by atoms with van der Waals surface area (Å²) in [5, 5.41) is 8.72. The topological polar surface area (TPSA) is 90.5 Å². The Bertz CT molecular complexity index is 784. The third-order valence-electron chi connectivity index (χ3n) is 5.55. The number of fused-ring (bicyclic) bond motifs is 1. The van der Waals surface area contributed by atoms with Crippen LogP contribution < -0.4 is 16.0 Å². The minimum Gasteiger partial charge on any atom is -0.322 e. The minimum absolute atomic E-state index is 0.181. The summed E-state index contributed by atoms with van der Waals surface area (Å²) in [6, 6.07) is 4.75. The molecule has 4 rings (SSSR count). The van der Waals surface area contributed by atoms with Crippen LogP contribution in [0.4, 0.5) is 4.39 Å². The van der Waals surface area contributed by atoms with Crippen molar-refractivity contribution < 1.29 is 18.8 Å². The molecule has 0 aliphatic carbocycles. The van der Waals surface area contributed by atoms with Crippen LogP contribution in [0.5, 0.6) is 0 Å². The molecule has 144 valence electrons. The van der Waals surface area contributed by atoms with Crippen molar-refractivity contribution in [2.75, 3.05) is 13.1 Å². The Hall–Kier alpha value is -2.32. The second-order valence-corrected chi connectivity index (χ2v) is 7.39. The molecule has 3 amide bonds. The lowest BCUT2D eigenvalue weighted by Gasteiger charge is -2.29. The van der Waals surface area contributed by atoms with Crippen LogP contribution in [0.15, 0.2) is 18.2 Å². The highest BCUT2D eigenvalue weighted by Crippen LogP contribution is 2.28. The van der Waals surface area contributed by atoms with Crippen LogP contribution in [-0.2, 0) is 22.7 Å². The molecule has 2 fully saturated rings. The summed E-state index contributed by atoms with van der Waals surface area (Å²) in [7, 11) is 0. The first kappa shape index (κ1) is 18.1. The van der Waals surface area contributed by atoms with Gasteiger partial charge >= 0.3 is 0 Å². The fourth-order valence-corrected chi connectivity index (χ4v) is 4.01. The lowest BCUT2D eigenvalue weighted by molar-refractivity contribution is -0.136. The summed E-state index contributed by atoms with van der Waals surface area (Å²) in [4.78, 5) is 37.6. The Morgan fingerprint density at radius 1 is 1.22 bits per heavy atom. The maximum absolute atomic E-state index is 13.9. The van der Waals surface area contributed by atoms with Crippen LogP contribution in [0.2, 0.25) is 0 Å². The largest absolute Gasteiger partial charge is 0.322 e. The van der Waals surface area contributed by atoms with Gasteiger partial charge in [0.05, 0.1) is 6.04 Å². The Morgan fingerprint density at radius 2 is 2.07 bits per heavy atom. The highest BCUT2D eigenvalue weighted by Gasteiger charge is 2.39. The van der Waals surface area contributed by atoms with Crippen molar-refractivity contribution in [2.24, 2.45) is 0 Å². The van der Waals surface area contributed by atoms with Gasteiger partial charge in [0.25, 0.3) is 5.91 Å². The molecule has 0 spiro atoms. The van der Waals surface area contributed by atoms with Crippen LogP contribution in [-0.4, -0.2) is 54.0 Å². The summed E-state index contributed by atoms with van der Waals surface area (Å²) >= 11 is 0. The zero-order valence-corrected chi connectivity index (χ0v) is 15.0. The summed E-state index contributed by atoms with van der Waals surface area (Å²) in [6.45, 7) is 2.18. The van der Waals surface area contributed by atoms with Gasteiger partial charge in [-0.15, -0.1) is 0 Å². The monoisotopic (exact) mass is 374 g/mol. The van der Waals surface area contributed by atoms with E-state index in [0.29, 0.717) is 44.6 Å². The number of imide groups is 1. The van der Waals surface area contributed by atoms with Crippen molar-refractivity contribution in [3.05, 3.63) is 34.9 Å². The Balaban J connectivity index is 1.43. The van der Waals surface area contributed by atoms with E-state index >= 15 is 0 Å². The molecule has 3 aliphatic heterocycles. The second-order valence-electron chi connectivity index (χ2n) is 7.39. The van der Waals surface area contributed by atoms with Crippen molar-refractivity contribution in [3.63, 3.8) is 0 Å². The molecular formula is C19H23FN4O3. The van der Waals surface area contributed by atoms with Gasteiger partial charge in [-0.2, -0.15) is 0 Å². The molecule has 2 saturated heterocycles. The smallest absolute Gasteiger partial charge is 0.255 e. The first-order valence-corrected chi connectivity index (χ1v) is 9.37. The molecule has 8 heteroatoms. The van der Waals surface area contributed by atoms with Crippen LogP contribution in [0.1, 0.15) is 40.7 Å². The Labute approximate surface area is 156 Å². The molecule has 1 aromatic carbocycles. The SMILES string of the molecule is O=C1CCC(N2Cc3cc(CN[C@H]4CNCC[C@H]4F)ccc3C2=O)C(=O)N1. The van der Waals surface area contributed by atoms with Crippen LogP contribution in [0, 0.1) is 0 Å². The van der Waals surface area contributed by atoms with E-state index < -0.39 is 18.1 Å². The molecule has 27 heavy (non-hydrogen) atoms. The molecule has 3 heterocycles. The van der Waals surface area contributed by atoms with E-state index in [-0.39, 0.29) is 24.3 Å². The maximum atomic E-state index is 13.9. The fraction of sp³-hybridized carbons (Fsp3) is 0.526. The third-order valence-corrected chi connectivity index (χ3v) is 5.55. The predicted octanol–water partition coefficient (Wildman–Crippen LogP) is 0.237. The summed E-state index contributed by atoms with van der Waals surface area (Å²) in [6.07, 6.45) is 0.249. The maximum Gasteiger partial charge on any atom is 0.255 e. The number of nitrogens with one attached hydrogen (secondary N) is 3. The average molecular weight is 374 g/mol. The van der Waals surface area contributed by atoms with Crippen molar-refractivity contribution in [2.45, 2.75) is 50.6 Å². The summed E-state index contributed by atoms with van der Waals surface area (Å²) < 4.78 is 13.9. The van der Waals surface area contributed by atoms with E-state index in [4.69, 9.17) is 0 Å². The van der Waals surface area contributed by atoms with Crippen molar-refractivity contribution in [1.82, 2.24) is 20.9 Å². The number of halogens is 1. The van der Waals surface area contributed by atoms with E-state index in [1.54, 1.807) is 6.07 Å². The van der Waals surface area contributed by atoms with Crippen LogP contribution >= 0.6 is 0 Å². The van der Waals surface area contributed by atoms with Gasteiger partial charge < -0.3 is 15.5 Å². The number of piperidine rings is 2. The number of carbonyl (C=O) groups is 3. The Kier molecular flexibility index (Phi) is 4.92. The van der Waals surface area contributed by atoms with Gasteiger partial charge in [-0.05, 0) is 36.6 Å². The average Bonchev–Trinajstić information content (AvgIpc) is 2.97. The third kappa shape index (κ3) is 3.59. The Morgan fingerprint density at radius 3 is 2.85 bits per heavy atom. The van der Waals surface area contributed by atoms with E-state index in [2.05, 4.69) is 16.0 Å². The van der Waals surface area contributed by atoms with Gasteiger partial charge in [-0.3, -0.25) is 19.7 Å². The van der Waals surface area contributed by atoms with Gasteiger partial charge in [-0.1, -0.05) is 12.1 Å². The van der Waals surface area contributed by atoms with E-state index in [9.17, 15) is 18.8 Å². The highest BCUT2D eigenvalue weighted by molar-refractivity contribution is 6.05. The molecule has 0 radical (unpaired) electrons. The van der Waals surface area contributed by atoms with Crippen LogP contribution in [0.3, 0.4) is 0 Å². The molecule has 3 atom stereocenters. The van der Waals surface area contributed by atoms with Gasteiger partial charge in [-0.25, -0.2) is 4.39 Å². The van der Waals surface area contributed by atoms with E-state index in [1.807, 2.05) is 12.1 Å². The first-order chi connectivity index (χ1) is 13.0. The summed E-state index contributed by atoms with van der Waals surface area (Å²) in [5.41, 5.74) is 2.43. The summed E-state index contributed by atoms with van der Waals surface area (Å²) in [5.74, 6) is -0.885. The number of amides is 3. The second kappa shape index (κ2) is 7.36. The number of alkyl halides is 1. The van der Waals surface area contributed by atoms with E-state index in [1.165, 1.54) is 4.90 Å². The molecule has 1 aromatic rings. The number of rotatable bonds is 4. The lowest BCUT2D eigenvalue weighted by Crippen LogP contribution is -2.52. The fourth-order valence-electron chi connectivity index (χ4n) is 4.01. The zero-order valence-electron chi connectivity index (χ0n) is 15.0. The number of nitrogens with zero attached hydrogens (tertiary/aromatic N) is 1. The minimum atomic E-state index is -0.856. The molecule has 3 N–H and O–H groups in total. The lowest BCUT2D eigenvalue weighted by atomic mass is 10.0. The molecule has 1 unspecified atom stereocenters. The molecular weight excluding hydrogens is 351 g/mol. The standard InChI is InChI=1S/C19H23FN4O3/c20-14-5-6-21-9-15(14)22-8-11-1-2-13-12(7-11)10-24(19(13)27)16-3-4-17(25)23-18(16)26/h1-2,7,14-16,21-22H,3-6,8-10H2,(H,23,25,26)/t14-,15+,16?/m1/s1. The van der Waals surface area contributed by atoms with Gasteiger partial charge in [0.2, 0.25) is 11.8 Å². The van der Waals surface area contributed by atoms with Crippen molar-refractivity contribution >= 4 is 17.7 Å². The number of hydrogen-bond donors (Lipinski definition) is 3. The van der Waals surface area contributed by atoms with Gasteiger partial charge in [0.15, 0.2) is 0 Å². The first-order valence-electron chi connectivity index (χ1n) is 9.37. The molecule has 0 saturated carbocycles. The molecule has 3 aliphatic rings. The van der Waals surface area contributed by atoms with Crippen molar-refractivity contribution in [3.8, 4) is 0 Å². The normalized spacial score (nSPS) is 28.3. The zero-order chi connectivity index (χ0) is 19.0. The van der Waals surface area contributed by atoms with E-state index in [0.717, 1.165) is 11.1 Å². The van der Waals surface area contributed by atoms with Crippen molar-refractivity contribution in [1.29, 1.82) is 0 Å². The number of hydrogen-bond acceptors (Lipinski definition) is 5. The molecule has 0 aromatic heterocycles.